The Hall–Kier alpha value is -3.12. The Morgan fingerprint density at radius 2 is 1.83 bits per heavy atom. The fraction of sp³-hybridized carbons (Fsp3) is 0.182. The average Bonchev–Trinajstić information content (AvgIpc) is 2.99. The van der Waals surface area contributed by atoms with E-state index in [-0.39, 0.29) is 11.6 Å². The second kappa shape index (κ2) is 8.92. The van der Waals surface area contributed by atoms with Crippen LogP contribution in [0, 0.1) is 12.7 Å². The molecule has 3 rings (SSSR count). The molecule has 0 unspecified atom stereocenters. The summed E-state index contributed by atoms with van der Waals surface area (Å²) >= 11 is 6.45. The molecular weight excluding hydrogens is 395 g/mol. The Kier molecular flexibility index (Phi) is 6.34. The zero-order valence-corrected chi connectivity index (χ0v) is 17.0. The molecule has 0 aliphatic carbocycles. The fourth-order valence-electron chi connectivity index (χ4n) is 2.87. The molecule has 0 saturated heterocycles. The van der Waals surface area contributed by atoms with Crippen LogP contribution in [-0.4, -0.2) is 29.8 Å². The Labute approximate surface area is 173 Å². The number of ether oxygens (including phenoxy) is 2. The van der Waals surface area contributed by atoms with Crippen molar-refractivity contribution < 1.29 is 18.7 Å². The highest BCUT2D eigenvalue weighted by atomic mass is 35.5. The van der Waals surface area contributed by atoms with E-state index in [0.29, 0.717) is 40.0 Å². The maximum Gasteiger partial charge on any atom is 0.185 e. The topological polar surface area (TPSA) is 53.3 Å². The summed E-state index contributed by atoms with van der Waals surface area (Å²) < 4.78 is 25.1. The van der Waals surface area contributed by atoms with Gasteiger partial charge < -0.3 is 9.47 Å². The number of halogens is 2. The van der Waals surface area contributed by atoms with E-state index in [1.807, 2.05) is 6.92 Å². The molecule has 5 nitrogen and oxygen atoms in total. The number of hydrogen-bond acceptors (Lipinski definition) is 4. The van der Waals surface area contributed by atoms with Crippen LogP contribution in [0.2, 0.25) is 5.15 Å². The molecule has 0 bridgehead atoms. The van der Waals surface area contributed by atoms with E-state index >= 15 is 0 Å². The Morgan fingerprint density at radius 1 is 1.14 bits per heavy atom. The van der Waals surface area contributed by atoms with Crippen LogP contribution >= 0.6 is 11.6 Å². The van der Waals surface area contributed by atoms with Crippen molar-refractivity contribution in [2.24, 2.45) is 0 Å². The second-order valence-electron chi connectivity index (χ2n) is 6.34. The first-order chi connectivity index (χ1) is 13.9. The maximum atomic E-state index is 13.1. The van der Waals surface area contributed by atoms with Gasteiger partial charge in [0.15, 0.2) is 17.3 Å². The number of carbonyl (C=O) groups excluding carboxylic acids is 1. The predicted molar refractivity (Wildman–Crippen MR) is 110 cm³/mol. The number of allylic oxidation sites excluding steroid dienone is 1. The molecule has 0 N–H and O–H groups in total. The van der Waals surface area contributed by atoms with Gasteiger partial charge in [-0.2, -0.15) is 5.10 Å². The van der Waals surface area contributed by atoms with Gasteiger partial charge in [-0.15, -0.1) is 0 Å². The van der Waals surface area contributed by atoms with Gasteiger partial charge in [0.05, 0.1) is 26.5 Å². The molecule has 29 heavy (non-hydrogen) atoms. The van der Waals surface area contributed by atoms with E-state index in [1.54, 1.807) is 41.1 Å². The SMILES string of the molecule is COc1ccc(C(=O)/C=C/c2c(C)nn(Cc3ccc(F)cc3)c2Cl)cc1OC. The number of benzene rings is 2. The number of methoxy groups -OCH3 is 2. The van der Waals surface area contributed by atoms with Gasteiger partial charge in [-0.3, -0.25) is 4.79 Å². The monoisotopic (exact) mass is 414 g/mol. The number of nitrogens with zero attached hydrogens (tertiary/aromatic N) is 2. The normalized spacial score (nSPS) is 11.1. The number of rotatable bonds is 7. The molecule has 0 fully saturated rings. The minimum atomic E-state index is -0.297. The zero-order valence-electron chi connectivity index (χ0n) is 16.3. The molecule has 0 radical (unpaired) electrons. The van der Waals surface area contributed by atoms with Crippen molar-refractivity contribution in [1.29, 1.82) is 0 Å². The van der Waals surface area contributed by atoms with Crippen molar-refractivity contribution in [3.63, 3.8) is 0 Å². The Balaban J connectivity index is 1.81. The first-order valence-corrected chi connectivity index (χ1v) is 9.22. The van der Waals surface area contributed by atoms with Gasteiger partial charge in [-0.25, -0.2) is 9.07 Å². The molecule has 0 aliphatic rings. The molecule has 7 heteroatoms. The molecule has 150 valence electrons. The lowest BCUT2D eigenvalue weighted by molar-refractivity contribution is 0.104. The molecule has 0 saturated carbocycles. The number of aromatic nitrogens is 2. The van der Waals surface area contributed by atoms with Crippen LogP contribution in [0.5, 0.6) is 11.5 Å². The summed E-state index contributed by atoms with van der Waals surface area (Å²) in [5, 5.41) is 4.83. The molecule has 0 aliphatic heterocycles. The van der Waals surface area contributed by atoms with E-state index < -0.39 is 0 Å². The van der Waals surface area contributed by atoms with Gasteiger partial charge in [0, 0.05) is 11.1 Å². The molecular formula is C22H20ClFN2O3. The first-order valence-electron chi connectivity index (χ1n) is 8.84. The van der Waals surface area contributed by atoms with Crippen molar-refractivity contribution in [3.8, 4) is 11.5 Å². The lowest BCUT2D eigenvalue weighted by Gasteiger charge is -2.08. The van der Waals surface area contributed by atoms with Gasteiger partial charge in [-0.05, 0) is 55.0 Å². The lowest BCUT2D eigenvalue weighted by atomic mass is 10.1. The van der Waals surface area contributed by atoms with Crippen LogP contribution in [0.4, 0.5) is 4.39 Å². The van der Waals surface area contributed by atoms with E-state index in [4.69, 9.17) is 21.1 Å². The van der Waals surface area contributed by atoms with E-state index in [9.17, 15) is 9.18 Å². The van der Waals surface area contributed by atoms with Crippen molar-refractivity contribution in [2.75, 3.05) is 14.2 Å². The van der Waals surface area contributed by atoms with Crippen LogP contribution < -0.4 is 9.47 Å². The highest BCUT2D eigenvalue weighted by Gasteiger charge is 2.13. The minimum absolute atomic E-state index is 0.201. The molecule has 3 aromatic rings. The minimum Gasteiger partial charge on any atom is -0.493 e. The fourth-order valence-corrected chi connectivity index (χ4v) is 3.17. The van der Waals surface area contributed by atoms with Gasteiger partial charge in [0.25, 0.3) is 0 Å². The first kappa shape index (κ1) is 20.6. The van der Waals surface area contributed by atoms with Crippen molar-refractivity contribution in [2.45, 2.75) is 13.5 Å². The highest BCUT2D eigenvalue weighted by molar-refractivity contribution is 6.31. The molecule has 1 aromatic heterocycles. The highest BCUT2D eigenvalue weighted by Crippen LogP contribution is 2.28. The van der Waals surface area contributed by atoms with Crippen molar-refractivity contribution in [1.82, 2.24) is 9.78 Å². The summed E-state index contributed by atoms with van der Waals surface area (Å²) in [6.07, 6.45) is 3.09. The smallest absolute Gasteiger partial charge is 0.185 e. The lowest BCUT2D eigenvalue weighted by Crippen LogP contribution is -2.02. The zero-order chi connectivity index (χ0) is 21.0. The van der Waals surface area contributed by atoms with E-state index in [2.05, 4.69) is 5.10 Å². The standard InChI is InChI=1S/C22H20ClFN2O3/c1-14-18(22(23)26(25-14)13-15-4-7-17(24)8-5-15)9-10-19(27)16-6-11-20(28-2)21(12-16)29-3/h4-12H,13H2,1-3H3/b10-9+. The summed E-state index contributed by atoms with van der Waals surface area (Å²) in [5.41, 5.74) is 2.68. The molecule has 0 spiro atoms. The Morgan fingerprint density at radius 3 is 2.48 bits per heavy atom. The summed E-state index contributed by atoms with van der Waals surface area (Å²) in [6.45, 7) is 2.21. The number of aryl methyl sites for hydroxylation is 1. The molecule has 2 aromatic carbocycles. The van der Waals surface area contributed by atoms with Crippen LogP contribution in [0.1, 0.15) is 27.2 Å². The maximum absolute atomic E-state index is 13.1. The number of ketones is 1. The summed E-state index contributed by atoms with van der Waals surface area (Å²) in [4.78, 5) is 12.5. The number of hydrogen-bond donors (Lipinski definition) is 0. The largest absolute Gasteiger partial charge is 0.493 e. The van der Waals surface area contributed by atoms with Gasteiger partial charge in [-0.1, -0.05) is 23.7 Å². The molecule has 0 atom stereocenters. The Bertz CT molecular complexity index is 1060. The number of carbonyl (C=O) groups is 1. The third-order valence-electron chi connectivity index (χ3n) is 4.42. The van der Waals surface area contributed by atoms with Gasteiger partial charge in [0.2, 0.25) is 0 Å². The van der Waals surface area contributed by atoms with Crippen molar-refractivity contribution in [3.05, 3.63) is 81.9 Å². The second-order valence-corrected chi connectivity index (χ2v) is 6.70. The van der Waals surface area contributed by atoms with Crippen LogP contribution in [0.25, 0.3) is 6.08 Å². The molecule has 0 amide bonds. The van der Waals surface area contributed by atoms with E-state index in [0.717, 1.165) is 5.56 Å². The van der Waals surface area contributed by atoms with Gasteiger partial charge in [0.1, 0.15) is 11.0 Å². The quantitative estimate of drug-likeness (QED) is 0.405. The van der Waals surface area contributed by atoms with Crippen molar-refractivity contribution >= 4 is 23.5 Å². The summed E-state index contributed by atoms with van der Waals surface area (Å²) in [5.74, 6) is 0.531. The van der Waals surface area contributed by atoms with Crippen LogP contribution in [0.15, 0.2) is 48.5 Å². The summed E-state index contributed by atoms with van der Waals surface area (Å²) in [6, 6.07) is 11.1. The van der Waals surface area contributed by atoms with Crippen LogP contribution in [0.3, 0.4) is 0 Å². The average molecular weight is 415 g/mol. The predicted octanol–water partition coefficient (Wildman–Crippen LogP) is 4.95. The third kappa shape index (κ3) is 4.66. The van der Waals surface area contributed by atoms with Gasteiger partial charge >= 0.3 is 0 Å². The van der Waals surface area contributed by atoms with E-state index in [1.165, 1.54) is 32.4 Å². The summed E-state index contributed by atoms with van der Waals surface area (Å²) in [7, 11) is 3.05. The van der Waals surface area contributed by atoms with Crippen LogP contribution in [-0.2, 0) is 6.54 Å². The third-order valence-corrected chi connectivity index (χ3v) is 4.82. The molecule has 1 heterocycles.